The Morgan fingerprint density at radius 1 is 1.40 bits per heavy atom. The fourth-order valence-electron chi connectivity index (χ4n) is 0.957. The van der Waals surface area contributed by atoms with Crippen LogP contribution in [-0.2, 0) is 5.41 Å². The van der Waals surface area contributed by atoms with Gasteiger partial charge in [0.1, 0.15) is 5.82 Å². The molecule has 4 heteroatoms. The monoisotopic (exact) mass is 223 g/mol. The van der Waals surface area contributed by atoms with E-state index in [0.717, 1.165) is 23.9 Å². The lowest BCUT2D eigenvalue weighted by Gasteiger charge is -2.12. The highest BCUT2D eigenvalue weighted by Crippen LogP contribution is 2.22. The van der Waals surface area contributed by atoms with E-state index >= 15 is 0 Å². The molecule has 15 heavy (non-hydrogen) atoms. The van der Waals surface area contributed by atoms with Crippen molar-refractivity contribution in [1.29, 1.82) is 0 Å². The predicted molar refractivity (Wildman–Crippen MR) is 65.2 cm³/mol. The normalized spacial score (nSPS) is 10.7. The van der Waals surface area contributed by atoms with Crippen LogP contribution in [-0.4, -0.2) is 15.9 Å². The van der Waals surface area contributed by atoms with Gasteiger partial charge in [0.2, 0.25) is 5.13 Å². The Morgan fingerprint density at radius 2 is 2.13 bits per heavy atom. The van der Waals surface area contributed by atoms with Gasteiger partial charge in [-0.3, -0.25) is 0 Å². The van der Waals surface area contributed by atoms with Gasteiger partial charge in [-0.25, -0.2) is 4.98 Å². The van der Waals surface area contributed by atoms with Gasteiger partial charge in [-0.15, -0.1) is 11.8 Å². The smallest absolute Gasteiger partial charge is 0.202 e. The van der Waals surface area contributed by atoms with E-state index in [1.54, 1.807) is 0 Å². The van der Waals surface area contributed by atoms with Gasteiger partial charge in [0.05, 0.1) is 0 Å². The highest BCUT2D eigenvalue weighted by molar-refractivity contribution is 7.09. The van der Waals surface area contributed by atoms with Crippen molar-refractivity contribution in [2.75, 3.05) is 11.9 Å². The fraction of sp³-hybridized carbons (Fsp3) is 0.636. The second-order valence-corrected chi connectivity index (χ2v) is 5.03. The Balaban J connectivity index is 2.49. The van der Waals surface area contributed by atoms with Crippen molar-refractivity contribution in [1.82, 2.24) is 9.36 Å². The highest BCUT2D eigenvalue weighted by Gasteiger charge is 2.19. The van der Waals surface area contributed by atoms with Crippen molar-refractivity contribution in [3.8, 4) is 11.8 Å². The molecule has 0 fully saturated rings. The Morgan fingerprint density at radius 3 is 2.67 bits per heavy atom. The summed E-state index contributed by atoms with van der Waals surface area (Å²) >= 11 is 1.41. The maximum Gasteiger partial charge on any atom is 0.202 e. The van der Waals surface area contributed by atoms with E-state index in [9.17, 15) is 0 Å². The van der Waals surface area contributed by atoms with Crippen LogP contribution in [0.15, 0.2) is 0 Å². The molecule has 0 saturated heterocycles. The standard InChI is InChI=1S/C11H17N3S/c1-5-6-7-8-12-10-13-9(14-15-10)11(2,3)4/h7-8H2,1-4H3,(H,12,13,14). The Labute approximate surface area is 95.5 Å². The van der Waals surface area contributed by atoms with Crippen LogP contribution in [0, 0.1) is 11.8 Å². The lowest BCUT2D eigenvalue weighted by Crippen LogP contribution is -2.13. The molecule has 0 aliphatic carbocycles. The molecule has 82 valence electrons. The van der Waals surface area contributed by atoms with Gasteiger partial charge in [0.25, 0.3) is 0 Å². The van der Waals surface area contributed by atoms with E-state index in [2.05, 4.69) is 47.3 Å². The summed E-state index contributed by atoms with van der Waals surface area (Å²) in [6.07, 6.45) is 0.848. The molecule has 0 bridgehead atoms. The molecule has 1 N–H and O–H groups in total. The van der Waals surface area contributed by atoms with Gasteiger partial charge < -0.3 is 5.32 Å². The Bertz CT molecular complexity index is 365. The molecule has 0 saturated carbocycles. The van der Waals surface area contributed by atoms with Crippen LogP contribution in [0.25, 0.3) is 0 Å². The van der Waals surface area contributed by atoms with Gasteiger partial charge in [-0.2, -0.15) is 4.37 Å². The van der Waals surface area contributed by atoms with Gasteiger partial charge >= 0.3 is 0 Å². The van der Waals surface area contributed by atoms with Crippen LogP contribution in [0.1, 0.15) is 39.9 Å². The summed E-state index contributed by atoms with van der Waals surface area (Å²) in [7, 11) is 0. The van der Waals surface area contributed by atoms with Crippen molar-refractivity contribution < 1.29 is 0 Å². The van der Waals surface area contributed by atoms with Crippen molar-refractivity contribution in [2.24, 2.45) is 0 Å². The summed E-state index contributed by atoms with van der Waals surface area (Å²) in [5.41, 5.74) is 0.0274. The fourth-order valence-corrected chi connectivity index (χ4v) is 1.74. The molecule has 0 atom stereocenters. The van der Waals surface area contributed by atoms with E-state index in [1.165, 1.54) is 11.5 Å². The van der Waals surface area contributed by atoms with Crippen molar-refractivity contribution in [3.05, 3.63) is 5.82 Å². The van der Waals surface area contributed by atoms with Gasteiger partial charge in [-0.1, -0.05) is 20.8 Å². The SMILES string of the molecule is CC#CCCNc1nc(C(C)(C)C)ns1. The zero-order chi connectivity index (χ0) is 11.3. The average Bonchev–Trinajstić information content (AvgIpc) is 2.60. The van der Waals surface area contributed by atoms with Crippen molar-refractivity contribution in [2.45, 2.75) is 39.5 Å². The van der Waals surface area contributed by atoms with Gasteiger partial charge in [0.15, 0.2) is 0 Å². The first kappa shape index (κ1) is 12.0. The molecule has 0 unspecified atom stereocenters. The quantitative estimate of drug-likeness (QED) is 0.632. The number of rotatable bonds is 3. The van der Waals surface area contributed by atoms with E-state index in [0.29, 0.717) is 0 Å². The first-order valence-electron chi connectivity index (χ1n) is 5.01. The molecule has 1 aromatic rings. The molecule has 3 nitrogen and oxygen atoms in total. The van der Waals surface area contributed by atoms with Crippen LogP contribution < -0.4 is 5.32 Å². The summed E-state index contributed by atoms with van der Waals surface area (Å²) in [6, 6.07) is 0. The summed E-state index contributed by atoms with van der Waals surface area (Å²) < 4.78 is 4.32. The van der Waals surface area contributed by atoms with Crippen molar-refractivity contribution in [3.63, 3.8) is 0 Å². The third kappa shape index (κ3) is 3.88. The maximum atomic E-state index is 4.43. The molecular weight excluding hydrogens is 206 g/mol. The van der Waals surface area contributed by atoms with Gasteiger partial charge in [0, 0.05) is 29.9 Å². The molecule has 1 heterocycles. The first-order valence-corrected chi connectivity index (χ1v) is 5.79. The summed E-state index contributed by atoms with van der Waals surface area (Å²) in [4.78, 5) is 4.43. The molecule has 0 aromatic carbocycles. The van der Waals surface area contributed by atoms with Crippen LogP contribution in [0.4, 0.5) is 5.13 Å². The predicted octanol–water partition coefficient (Wildman–Crippen LogP) is 2.66. The second-order valence-electron chi connectivity index (χ2n) is 4.28. The van der Waals surface area contributed by atoms with Crippen LogP contribution in [0.3, 0.4) is 0 Å². The molecule has 0 spiro atoms. The first-order chi connectivity index (χ1) is 7.04. The van der Waals surface area contributed by atoms with Gasteiger partial charge in [-0.05, 0) is 6.92 Å². The van der Waals surface area contributed by atoms with Crippen LogP contribution in [0.5, 0.6) is 0 Å². The van der Waals surface area contributed by atoms with E-state index in [1.807, 2.05) is 6.92 Å². The minimum Gasteiger partial charge on any atom is -0.359 e. The number of hydrogen-bond acceptors (Lipinski definition) is 4. The number of hydrogen-bond donors (Lipinski definition) is 1. The van der Waals surface area contributed by atoms with Crippen LogP contribution >= 0.6 is 11.5 Å². The highest BCUT2D eigenvalue weighted by atomic mass is 32.1. The minimum absolute atomic E-state index is 0.0274. The Kier molecular flexibility index (Phi) is 4.10. The molecule has 0 aliphatic rings. The molecular formula is C11H17N3S. The van der Waals surface area contributed by atoms with Crippen LogP contribution in [0.2, 0.25) is 0 Å². The summed E-state index contributed by atoms with van der Waals surface area (Å²) in [5, 5.41) is 4.10. The molecule has 0 amide bonds. The third-order valence-electron chi connectivity index (χ3n) is 1.80. The minimum atomic E-state index is 0.0274. The maximum absolute atomic E-state index is 4.43. The van der Waals surface area contributed by atoms with Crippen molar-refractivity contribution >= 4 is 16.7 Å². The summed E-state index contributed by atoms with van der Waals surface area (Å²) in [6.45, 7) is 9.02. The lowest BCUT2D eigenvalue weighted by molar-refractivity contribution is 0.555. The zero-order valence-corrected chi connectivity index (χ0v) is 10.5. The number of nitrogens with one attached hydrogen (secondary N) is 1. The molecule has 1 aromatic heterocycles. The average molecular weight is 223 g/mol. The third-order valence-corrected chi connectivity index (χ3v) is 2.47. The summed E-state index contributed by atoms with van der Waals surface area (Å²) in [5.74, 6) is 6.76. The lowest BCUT2D eigenvalue weighted by atomic mass is 9.96. The zero-order valence-electron chi connectivity index (χ0n) is 9.72. The van der Waals surface area contributed by atoms with E-state index in [-0.39, 0.29) is 5.41 Å². The number of aromatic nitrogens is 2. The largest absolute Gasteiger partial charge is 0.359 e. The second kappa shape index (κ2) is 5.13. The molecule has 0 radical (unpaired) electrons. The topological polar surface area (TPSA) is 37.8 Å². The molecule has 1 rings (SSSR count). The number of anilines is 1. The molecule has 0 aliphatic heterocycles. The number of nitrogens with zero attached hydrogens (tertiary/aromatic N) is 2. The Hall–Kier alpha value is -1.08. The van der Waals surface area contributed by atoms with E-state index in [4.69, 9.17) is 0 Å². The van der Waals surface area contributed by atoms with E-state index < -0.39 is 0 Å².